The van der Waals surface area contributed by atoms with Crippen molar-refractivity contribution in [2.24, 2.45) is 0 Å². The van der Waals surface area contributed by atoms with Gasteiger partial charge in [0.1, 0.15) is 11.4 Å². The number of carbonyl (C=O) groups excluding carboxylic acids is 2. The number of rotatable bonds is 5. The van der Waals surface area contributed by atoms with Crippen LogP contribution in [-0.2, 0) is 9.59 Å². The van der Waals surface area contributed by atoms with Gasteiger partial charge in [0.05, 0.1) is 11.3 Å². The van der Waals surface area contributed by atoms with Crippen LogP contribution in [0.5, 0.6) is 5.75 Å². The van der Waals surface area contributed by atoms with Gasteiger partial charge in [0.25, 0.3) is 11.8 Å². The quantitative estimate of drug-likeness (QED) is 0.550. The van der Waals surface area contributed by atoms with E-state index in [4.69, 9.17) is 0 Å². The molecular formula is C24H17F3N2O3. The van der Waals surface area contributed by atoms with Gasteiger partial charge in [-0.2, -0.15) is 0 Å². The second kappa shape index (κ2) is 8.22. The Morgan fingerprint density at radius 3 is 2.03 bits per heavy atom. The van der Waals surface area contributed by atoms with E-state index in [1.54, 1.807) is 54.6 Å². The lowest BCUT2D eigenvalue weighted by Crippen LogP contribution is -2.32. The van der Waals surface area contributed by atoms with E-state index in [9.17, 15) is 22.8 Å². The highest BCUT2D eigenvalue weighted by atomic mass is 19.4. The summed E-state index contributed by atoms with van der Waals surface area (Å²) in [5.41, 5.74) is 2.47. The van der Waals surface area contributed by atoms with E-state index in [1.165, 1.54) is 12.1 Å². The van der Waals surface area contributed by atoms with Gasteiger partial charge in [0.2, 0.25) is 0 Å². The van der Waals surface area contributed by atoms with E-state index in [0.29, 0.717) is 16.9 Å². The molecule has 1 aliphatic rings. The van der Waals surface area contributed by atoms with Gasteiger partial charge >= 0.3 is 6.36 Å². The number of nitrogens with zero attached hydrogens (tertiary/aromatic N) is 1. The fraction of sp³-hybridized carbons (Fsp3) is 0.0833. The first-order chi connectivity index (χ1) is 15.2. The number of ether oxygens (including phenoxy) is 1. The smallest absolute Gasteiger partial charge is 0.406 e. The fourth-order valence-electron chi connectivity index (χ4n) is 3.33. The molecule has 0 saturated carbocycles. The Kier molecular flexibility index (Phi) is 5.44. The summed E-state index contributed by atoms with van der Waals surface area (Å²) in [5.74, 6) is -1.45. The van der Waals surface area contributed by atoms with Crippen molar-refractivity contribution in [3.05, 3.63) is 95.7 Å². The van der Waals surface area contributed by atoms with Crippen molar-refractivity contribution in [3.8, 4) is 5.75 Å². The van der Waals surface area contributed by atoms with E-state index in [-0.39, 0.29) is 11.3 Å². The molecule has 0 aromatic heterocycles. The lowest BCUT2D eigenvalue weighted by molar-refractivity contribution is -0.274. The molecule has 2 amide bonds. The molecular weight excluding hydrogens is 421 g/mol. The molecule has 0 radical (unpaired) electrons. The number of aryl methyl sites for hydroxylation is 1. The first-order valence-electron chi connectivity index (χ1n) is 9.61. The molecule has 3 aromatic carbocycles. The predicted octanol–water partition coefficient (Wildman–Crippen LogP) is 5.29. The number of anilines is 2. The third-order valence-electron chi connectivity index (χ3n) is 4.80. The van der Waals surface area contributed by atoms with E-state index < -0.39 is 23.9 Å². The first-order valence-corrected chi connectivity index (χ1v) is 9.61. The van der Waals surface area contributed by atoms with Crippen molar-refractivity contribution in [2.75, 3.05) is 10.2 Å². The minimum Gasteiger partial charge on any atom is -0.406 e. The number of hydrogen-bond donors (Lipinski definition) is 1. The summed E-state index contributed by atoms with van der Waals surface area (Å²) < 4.78 is 41.1. The number of hydrogen-bond acceptors (Lipinski definition) is 4. The summed E-state index contributed by atoms with van der Waals surface area (Å²) >= 11 is 0. The van der Waals surface area contributed by atoms with Crippen molar-refractivity contribution >= 4 is 28.8 Å². The number of alkyl halides is 3. The molecule has 32 heavy (non-hydrogen) atoms. The standard InChI is InChI=1S/C24H17F3N2O3/c1-15-7-11-18(12-8-15)29-22(30)20(16-5-3-2-4-6-16)21(23(29)31)28-17-9-13-19(14-10-17)32-24(25,26)27/h2-14,28H,1H3. The molecule has 0 bridgehead atoms. The monoisotopic (exact) mass is 438 g/mol. The average molecular weight is 438 g/mol. The van der Waals surface area contributed by atoms with Crippen LogP contribution >= 0.6 is 0 Å². The van der Waals surface area contributed by atoms with Gasteiger partial charge in [-0.15, -0.1) is 13.2 Å². The summed E-state index contributed by atoms with van der Waals surface area (Å²) in [6, 6.07) is 20.6. The zero-order valence-corrected chi connectivity index (χ0v) is 16.8. The molecule has 8 heteroatoms. The second-order valence-electron chi connectivity index (χ2n) is 7.09. The molecule has 0 aliphatic carbocycles. The minimum absolute atomic E-state index is 0.0336. The highest BCUT2D eigenvalue weighted by Crippen LogP contribution is 2.34. The van der Waals surface area contributed by atoms with Crippen molar-refractivity contribution in [1.82, 2.24) is 0 Å². The van der Waals surface area contributed by atoms with E-state index in [2.05, 4.69) is 10.1 Å². The molecule has 0 atom stereocenters. The Balaban J connectivity index is 1.70. The van der Waals surface area contributed by atoms with Crippen LogP contribution in [0.1, 0.15) is 11.1 Å². The Bertz CT molecular complexity index is 1190. The maximum Gasteiger partial charge on any atom is 0.573 e. The Morgan fingerprint density at radius 2 is 1.44 bits per heavy atom. The molecule has 1 N–H and O–H groups in total. The topological polar surface area (TPSA) is 58.6 Å². The second-order valence-corrected chi connectivity index (χ2v) is 7.09. The predicted molar refractivity (Wildman–Crippen MR) is 114 cm³/mol. The van der Waals surface area contributed by atoms with Gasteiger partial charge in [-0.3, -0.25) is 9.59 Å². The van der Waals surface area contributed by atoms with Gasteiger partial charge in [-0.25, -0.2) is 4.90 Å². The van der Waals surface area contributed by atoms with Gasteiger partial charge in [0, 0.05) is 5.69 Å². The maximum absolute atomic E-state index is 13.3. The van der Waals surface area contributed by atoms with Crippen LogP contribution < -0.4 is 15.0 Å². The highest BCUT2D eigenvalue weighted by Gasteiger charge is 2.40. The van der Waals surface area contributed by atoms with Crippen LogP contribution in [0.25, 0.3) is 5.57 Å². The number of nitrogens with one attached hydrogen (secondary N) is 1. The van der Waals surface area contributed by atoms with Gasteiger partial charge < -0.3 is 10.1 Å². The third kappa shape index (κ3) is 4.34. The summed E-state index contributed by atoms with van der Waals surface area (Å²) in [5, 5.41) is 2.90. The average Bonchev–Trinajstić information content (AvgIpc) is 2.99. The van der Waals surface area contributed by atoms with Crippen LogP contribution in [0.2, 0.25) is 0 Å². The SMILES string of the molecule is Cc1ccc(N2C(=O)C(Nc3ccc(OC(F)(F)F)cc3)=C(c3ccccc3)C2=O)cc1. The fourth-order valence-corrected chi connectivity index (χ4v) is 3.33. The van der Waals surface area contributed by atoms with Crippen molar-refractivity contribution in [3.63, 3.8) is 0 Å². The molecule has 1 aliphatic heterocycles. The number of benzene rings is 3. The van der Waals surface area contributed by atoms with Crippen LogP contribution in [0.4, 0.5) is 24.5 Å². The largest absolute Gasteiger partial charge is 0.573 e. The summed E-state index contributed by atoms with van der Waals surface area (Å²) in [6.45, 7) is 1.89. The van der Waals surface area contributed by atoms with E-state index in [1.807, 2.05) is 6.92 Å². The first kappa shape index (κ1) is 21.2. The molecule has 4 rings (SSSR count). The van der Waals surface area contributed by atoms with Crippen LogP contribution in [0.3, 0.4) is 0 Å². The van der Waals surface area contributed by atoms with Crippen molar-refractivity contribution in [1.29, 1.82) is 0 Å². The van der Waals surface area contributed by atoms with Crippen molar-refractivity contribution in [2.45, 2.75) is 13.3 Å². The Morgan fingerprint density at radius 1 is 0.812 bits per heavy atom. The van der Waals surface area contributed by atoms with Crippen LogP contribution in [0.15, 0.2) is 84.6 Å². The molecule has 0 spiro atoms. The molecule has 162 valence electrons. The number of amides is 2. The molecule has 0 saturated heterocycles. The summed E-state index contributed by atoms with van der Waals surface area (Å²) in [4.78, 5) is 27.6. The Hall–Kier alpha value is -4.07. The maximum atomic E-state index is 13.3. The Labute approximate surface area is 181 Å². The third-order valence-corrected chi connectivity index (χ3v) is 4.80. The normalized spacial score (nSPS) is 14.2. The molecule has 1 heterocycles. The van der Waals surface area contributed by atoms with E-state index >= 15 is 0 Å². The lowest BCUT2D eigenvalue weighted by atomic mass is 10.0. The number of imide groups is 1. The van der Waals surface area contributed by atoms with Gasteiger partial charge in [-0.1, -0.05) is 48.0 Å². The highest BCUT2D eigenvalue weighted by molar-refractivity contribution is 6.46. The molecule has 5 nitrogen and oxygen atoms in total. The summed E-state index contributed by atoms with van der Waals surface area (Å²) in [7, 11) is 0. The van der Waals surface area contributed by atoms with Crippen LogP contribution in [-0.4, -0.2) is 18.2 Å². The molecule has 0 fully saturated rings. The van der Waals surface area contributed by atoms with Gasteiger partial charge in [-0.05, 0) is 48.9 Å². The van der Waals surface area contributed by atoms with Crippen LogP contribution in [0, 0.1) is 6.92 Å². The lowest BCUT2D eigenvalue weighted by Gasteiger charge is -2.15. The van der Waals surface area contributed by atoms with Crippen molar-refractivity contribution < 1.29 is 27.5 Å². The molecule has 3 aromatic rings. The zero-order valence-electron chi connectivity index (χ0n) is 16.8. The zero-order chi connectivity index (χ0) is 22.9. The minimum atomic E-state index is -4.81. The van der Waals surface area contributed by atoms with Gasteiger partial charge in [0.15, 0.2) is 0 Å². The number of carbonyl (C=O) groups is 2. The summed E-state index contributed by atoms with van der Waals surface area (Å²) in [6.07, 6.45) is -4.81. The van der Waals surface area contributed by atoms with E-state index in [0.717, 1.165) is 22.6 Å². The number of halogens is 3. The molecule has 0 unspecified atom stereocenters.